The quantitative estimate of drug-likeness (QED) is 0.759. The third-order valence-corrected chi connectivity index (χ3v) is 4.47. The number of H-pyrrole nitrogens is 1. The van der Waals surface area contributed by atoms with E-state index in [9.17, 15) is 9.59 Å². The fourth-order valence-corrected chi connectivity index (χ4v) is 3.20. The molecule has 3 rings (SSSR count). The number of hydrogen-bond donors (Lipinski definition) is 2. The van der Waals surface area contributed by atoms with Gasteiger partial charge in [-0.25, -0.2) is 4.98 Å². The van der Waals surface area contributed by atoms with Crippen molar-refractivity contribution in [3.8, 4) is 5.82 Å². The summed E-state index contributed by atoms with van der Waals surface area (Å²) in [5.41, 5.74) is 4.40. The molecule has 134 valence electrons. The maximum Gasteiger partial charge on any atom is 0.253 e. The zero-order valence-corrected chi connectivity index (χ0v) is 15.4. The fraction of sp³-hybridized carbons (Fsp3) is 0.250. The minimum Gasteiger partial charge on any atom is -0.348 e. The Morgan fingerprint density at radius 1 is 1.19 bits per heavy atom. The number of amides is 1. The molecule has 0 saturated heterocycles. The molecule has 0 aliphatic rings. The van der Waals surface area contributed by atoms with Crippen LogP contribution < -0.4 is 10.9 Å². The number of hydrogen-bond acceptors (Lipinski definition) is 3. The number of nitrogens with zero attached hydrogens (tertiary/aromatic N) is 2. The van der Waals surface area contributed by atoms with Crippen molar-refractivity contribution in [3.05, 3.63) is 80.7 Å². The van der Waals surface area contributed by atoms with Crippen molar-refractivity contribution in [1.82, 2.24) is 19.9 Å². The summed E-state index contributed by atoms with van der Waals surface area (Å²) in [6, 6.07) is 9.40. The van der Waals surface area contributed by atoms with E-state index in [1.165, 1.54) is 0 Å². The molecule has 0 radical (unpaired) electrons. The lowest BCUT2D eigenvalue weighted by atomic mass is 10.1. The molecule has 0 aliphatic heterocycles. The smallest absolute Gasteiger partial charge is 0.253 e. The zero-order valence-electron chi connectivity index (χ0n) is 15.4. The number of aryl methyl sites for hydroxylation is 3. The van der Waals surface area contributed by atoms with Gasteiger partial charge in [0.2, 0.25) is 0 Å². The molecule has 0 unspecified atom stereocenters. The molecule has 6 heteroatoms. The van der Waals surface area contributed by atoms with E-state index in [1.807, 2.05) is 62.6 Å². The Balaban J connectivity index is 1.85. The highest BCUT2D eigenvalue weighted by molar-refractivity contribution is 5.95. The lowest BCUT2D eigenvalue weighted by Gasteiger charge is -2.10. The predicted octanol–water partition coefficient (Wildman–Crippen LogP) is 2.72. The Morgan fingerprint density at radius 3 is 2.62 bits per heavy atom. The normalized spacial score (nSPS) is 10.8. The average molecular weight is 350 g/mol. The van der Waals surface area contributed by atoms with Gasteiger partial charge in [-0.2, -0.15) is 0 Å². The van der Waals surface area contributed by atoms with Crippen LogP contribution in [0.25, 0.3) is 5.82 Å². The van der Waals surface area contributed by atoms with Gasteiger partial charge in [-0.15, -0.1) is 0 Å². The SMILES string of the molecule is Cc1cc(C)c(CNC(=O)c2cc(C)n(-c3ccccn3)c2C)c(=O)[nH]1. The van der Waals surface area contributed by atoms with Crippen molar-refractivity contribution >= 4 is 5.91 Å². The molecule has 1 amide bonds. The Hall–Kier alpha value is -3.15. The van der Waals surface area contributed by atoms with Gasteiger partial charge in [0.1, 0.15) is 5.82 Å². The lowest BCUT2D eigenvalue weighted by molar-refractivity contribution is 0.0950. The molecular weight excluding hydrogens is 328 g/mol. The van der Waals surface area contributed by atoms with Crippen LogP contribution in [-0.2, 0) is 6.54 Å². The van der Waals surface area contributed by atoms with Gasteiger partial charge in [0.05, 0.1) is 5.56 Å². The first-order valence-electron chi connectivity index (χ1n) is 8.46. The van der Waals surface area contributed by atoms with E-state index >= 15 is 0 Å². The number of aromatic nitrogens is 3. The van der Waals surface area contributed by atoms with Gasteiger partial charge in [-0.1, -0.05) is 6.07 Å². The minimum absolute atomic E-state index is 0.165. The Morgan fingerprint density at radius 2 is 1.96 bits per heavy atom. The molecule has 0 aliphatic carbocycles. The van der Waals surface area contributed by atoms with Gasteiger partial charge in [0.15, 0.2) is 0 Å². The van der Waals surface area contributed by atoms with Crippen molar-refractivity contribution in [2.45, 2.75) is 34.2 Å². The van der Waals surface area contributed by atoms with E-state index < -0.39 is 0 Å². The number of nitrogens with one attached hydrogen (secondary N) is 2. The van der Waals surface area contributed by atoms with E-state index in [-0.39, 0.29) is 18.0 Å². The number of carbonyl (C=O) groups excluding carboxylic acids is 1. The highest BCUT2D eigenvalue weighted by Crippen LogP contribution is 2.19. The van der Waals surface area contributed by atoms with E-state index in [4.69, 9.17) is 0 Å². The van der Waals surface area contributed by atoms with E-state index in [1.54, 1.807) is 6.20 Å². The molecule has 3 heterocycles. The summed E-state index contributed by atoms with van der Waals surface area (Å²) < 4.78 is 1.94. The maximum absolute atomic E-state index is 12.7. The molecule has 3 aromatic rings. The highest BCUT2D eigenvalue weighted by Gasteiger charge is 2.17. The first-order valence-corrected chi connectivity index (χ1v) is 8.46. The molecular formula is C20H22N4O2. The highest BCUT2D eigenvalue weighted by atomic mass is 16.1. The first-order chi connectivity index (χ1) is 12.4. The predicted molar refractivity (Wildman–Crippen MR) is 101 cm³/mol. The van der Waals surface area contributed by atoms with Crippen LogP contribution in [0.4, 0.5) is 0 Å². The molecule has 0 saturated carbocycles. The van der Waals surface area contributed by atoms with Crippen molar-refractivity contribution in [1.29, 1.82) is 0 Å². The maximum atomic E-state index is 12.7. The summed E-state index contributed by atoms with van der Waals surface area (Å²) >= 11 is 0. The lowest BCUT2D eigenvalue weighted by Crippen LogP contribution is -2.28. The van der Waals surface area contributed by atoms with Gasteiger partial charge in [-0.3, -0.25) is 9.59 Å². The van der Waals surface area contributed by atoms with Crippen LogP contribution in [-0.4, -0.2) is 20.4 Å². The molecule has 0 aromatic carbocycles. The molecule has 0 fully saturated rings. The van der Waals surface area contributed by atoms with Gasteiger partial charge < -0.3 is 14.9 Å². The fourth-order valence-electron chi connectivity index (χ4n) is 3.20. The van der Waals surface area contributed by atoms with Gasteiger partial charge in [0, 0.05) is 35.4 Å². The summed E-state index contributed by atoms with van der Waals surface area (Å²) in [6.45, 7) is 7.72. The summed E-state index contributed by atoms with van der Waals surface area (Å²) in [5.74, 6) is 0.562. The summed E-state index contributed by atoms with van der Waals surface area (Å²) in [5, 5.41) is 2.86. The standard InChI is InChI=1S/C20H22N4O2/c1-12-9-13(2)23-20(26)17(12)11-22-19(25)16-10-14(3)24(15(16)4)18-7-5-6-8-21-18/h5-10H,11H2,1-4H3,(H,22,25)(H,23,26). The van der Waals surface area contributed by atoms with E-state index in [0.29, 0.717) is 11.1 Å². The first kappa shape index (κ1) is 17.7. The van der Waals surface area contributed by atoms with Crippen molar-refractivity contribution in [2.75, 3.05) is 0 Å². The van der Waals surface area contributed by atoms with E-state index in [0.717, 1.165) is 28.5 Å². The van der Waals surface area contributed by atoms with Crippen molar-refractivity contribution < 1.29 is 4.79 Å². The average Bonchev–Trinajstić information content (AvgIpc) is 2.89. The van der Waals surface area contributed by atoms with Crippen LogP contribution in [0, 0.1) is 27.7 Å². The molecule has 0 atom stereocenters. The van der Waals surface area contributed by atoms with Crippen LogP contribution in [0.2, 0.25) is 0 Å². The third-order valence-electron chi connectivity index (χ3n) is 4.47. The van der Waals surface area contributed by atoms with Crippen LogP contribution >= 0.6 is 0 Å². The van der Waals surface area contributed by atoms with Crippen LogP contribution in [0.1, 0.15) is 38.6 Å². The summed E-state index contributed by atoms with van der Waals surface area (Å²) in [4.78, 5) is 31.9. The minimum atomic E-state index is -0.209. The monoisotopic (exact) mass is 350 g/mol. The second-order valence-electron chi connectivity index (χ2n) is 6.43. The largest absolute Gasteiger partial charge is 0.348 e. The Bertz CT molecular complexity index is 1020. The van der Waals surface area contributed by atoms with Crippen LogP contribution in [0.15, 0.2) is 41.3 Å². The molecule has 6 nitrogen and oxygen atoms in total. The van der Waals surface area contributed by atoms with Crippen molar-refractivity contribution in [2.24, 2.45) is 0 Å². The van der Waals surface area contributed by atoms with Crippen molar-refractivity contribution in [3.63, 3.8) is 0 Å². The number of aromatic amines is 1. The second-order valence-corrected chi connectivity index (χ2v) is 6.43. The number of rotatable bonds is 4. The van der Waals surface area contributed by atoms with Gasteiger partial charge in [-0.05, 0) is 57.5 Å². The van der Waals surface area contributed by atoms with E-state index in [2.05, 4.69) is 15.3 Å². The molecule has 0 spiro atoms. The number of carbonyl (C=O) groups is 1. The van der Waals surface area contributed by atoms with Crippen LogP contribution in [0.5, 0.6) is 0 Å². The van der Waals surface area contributed by atoms with Crippen LogP contribution in [0.3, 0.4) is 0 Å². The van der Waals surface area contributed by atoms with Gasteiger partial charge in [0.25, 0.3) is 11.5 Å². The molecule has 2 N–H and O–H groups in total. The molecule has 0 bridgehead atoms. The van der Waals surface area contributed by atoms with Gasteiger partial charge >= 0.3 is 0 Å². The summed E-state index contributed by atoms with van der Waals surface area (Å²) in [6.07, 6.45) is 1.72. The topological polar surface area (TPSA) is 79.8 Å². The summed E-state index contributed by atoms with van der Waals surface area (Å²) in [7, 11) is 0. The number of pyridine rings is 2. The Labute approximate surface area is 151 Å². The molecule has 3 aromatic heterocycles. The Kier molecular flexibility index (Phi) is 4.75. The third kappa shape index (κ3) is 3.31. The second kappa shape index (κ2) is 7.00. The zero-order chi connectivity index (χ0) is 18.8. The molecule has 26 heavy (non-hydrogen) atoms.